The summed E-state index contributed by atoms with van der Waals surface area (Å²) in [5.74, 6) is -1.69. The number of carboxylic acids is 1. The van der Waals surface area contributed by atoms with Gasteiger partial charge in [-0.15, -0.1) is 0 Å². The lowest BCUT2D eigenvalue weighted by Gasteiger charge is -2.16. The molecule has 0 atom stereocenters. The number of benzene rings is 3. The Bertz CT molecular complexity index is 1300. The Morgan fingerprint density at radius 3 is 2.47 bits per heavy atom. The average Bonchev–Trinajstić information content (AvgIpc) is 3.24. The van der Waals surface area contributed by atoms with Crippen molar-refractivity contribution in [1.29, 1.82) is 0 Å². The van der Waals surface area contributed by atoms with E-state index in [-0.39, 0.29) is 5.82 Å². The van der Waals surface area contributed by atoms with Crippen molar-refractivity contribution in [1.82, 2.24) is 15.0 Å². The van der Waals surface area contributed by atoms with Crippen molar-refractivity contribution < 1.29 is 18.8 Å². The molecule has 0 unspecified atom stereocenters. The molecule has 3 aromatic carbocycles. The SMILES string of the molecule is Cc1ccccc1-c1ccc(-c2nc(-c3ccc(C(=O)O)c(F)c3)no2)cc1CN(C)C. The molecule has 0 saturated carbocycles. The number of halogens is 1. The number of carbonyl (C=O) groups is 1. The molecule has 0 fully saturated rings. The predicted octanol–water partition coefficient (Wildman–Crippen LogP) is 5.28. The first kappa shape index (κ1) is 21.4. The molecule has 1 N–H and O–H groups in total. The number of nitrogens with zero attached hydrogens (tertiary/aromatic N) is 3. The fourth-order valence-corrected chi connectivity index (χ4v) is 3.62. The molecule has 162 valence electrons. The summed E-state index contributed by atoms with van der Waals surface area (Å²) in [6.45, 7) is 2.81. The molecule has 32 heavy (non-hydrogen) atoms. The minimum absolute atomic E-state index is 0.188. The number of hydrogen-bond acceptors (Lipinski definition) is 5. The zero-order chi connectivity index (χ0) is 22.8. The highest BCUT2D eigenvalue weighted by Gasteiger charge is 2.17. The minimum Gasteiger partial charge on any atom is -0.478 e. The Balaban J connectivity index is 1.72. The van der Waals surface area contributed by atoms with Gasteiger partial charge in [0.2, 0.25) is 5.82 Å². The van der Waals surface area contributed by atoms with Gasteiger partial charge in [0.05, 0.1) is 5.56 Å². The van der Waals surface area contributed by atoms with Crippen LogP contribution in [0.2, 0.25) is 0 Å². The molecule has 7 heteroatoms. The number of hydrogen-bond donors (Lipinski definition) is 1. The molecule has 0 spiro atoms. The second kappa shape index (κ2) is 8.72. The molecular formula is C25H22FN3O3. The van der Waals surface area contributed by atoms with E-state index >= 15 is 0 Å². The van der Waals surface area contributed by atoms with Gasteiger partial charge in [-0.05, 0) is 73.6 Å². The van der Waals surface area contributed by atoms with Crippen LogP contribution in [-0.4, -0.2) is 40.2 Å². The van der Waals surface area contributed by atoms with Crippen LogP contribution in [0.15, 0.2) is 65.2 Å². The Kier molecular flexibility index (Phi) is 5.83. The number of aromatic carboxylic acids is 1. The molecule has 1 heterocycles. The molecule has 0 aliphatic carbocycles. The first-order valence-corrected chi connectivity index (χ1v) is 10.0. The molecule has 0 amide bonds. The van der Waals surface area contributed by atoms with Crippen molar-refractivity contribution in [2.75, 3.05) is 14.1 Å². The van der Waals surface area contributed by atoms with Gasteiger partial charge in [-0.2, -0.15) is 4.98 Å². The van der Waals surface area contributed by atoms with Gasteiger partial charge in [0.15, 0.2) is 0 Å². The summed E-state index contributed by atoms with van der Waals surface area (Å²) in [4.78, 5) is 17.5. The molecule has 1 aromatic heterocycles. The van der Waals surface area contributed by atoms with Crippen molar-refractivity contribution in [2.24, 2.45) is 0 Å². The van der Waals surface area contributed by atoms with E-state index in [1.807, 2.05) is 44.4 Å². The Morgan fingerprint density at radius 2 is 1.78 bits per heavy atom. The summed E-state index contributed by atoms with van der Waals surface area (Å²) < 4.78 is 19.5. The fourth-order valence-electron chi connectivity index (χ4n) is 3.62. The van der Waals surface area contributed by atoms with E-state index in [2.05, 4.69) is 34.1 Å². The molecule has 4 rings (SSSR count). The smallest absolute Gasteiger partial charge is 0.338 e. The van der Waals surface area contributed by atoms with Gasteiger partial charge in [0, 0.05) is 17.7 Å². The van der Waals surface area contributed by atoms with Gasteiger partial charge in [-0.3, -0.25) is 0 Å². The van der Waals surface area contributed by atoms with Gasteiger partial charge in [0.25, 0.3) is 5.89 Å². The van der Waals surface area contributed by atoms with Crippen molar-refractivity contribution in [3.8, 4) is 34.0 Å². The van der Waals surface area contributed by atoms with E-state index in [0.717, 1.165) is 34.9 Å². The molecule has 4 aromatic rings. The summed E-state index contributed by atoms with van der Waals surface area (Å²) in [6.07, 6.45) is 0. The number of aromatic nitrogens is 2. The monoisotopic (exact) mass is 431 g/mol. The van der Waals surface area contributed by atoms with E-state index < -0.39 is 17.3 Å². The second-order valence-corrected chi connectivity index (χ2v) is 7.85. The normalized spacial score (nSPS) is 11.2. The van der Waals surface area contributed by atoms with Crippen LogP contribution in [0, 0.1) is 12.7 Å². The highest BCUT2D eigenvalue weighted by molar-refractivity contribution is 5.88. The first-order chi connectivity index (χ1) is 15.3. The maximum atomic E-state index is 14.1. The van der Waals surface area contributed by atoms with Crippen LogP contribution in [0.1, 0.15) is 21.5 Å². The molecule has 0 saturated heterocycles. The lowest BCUT2D eigenvalue weighted by molar-refractivity contribution is 0.0692. The van der Waals surface area contributed by atoms with Crippen LogP contribution < -0.4 is 0 Å². The summed E-state index contributed by atoms with van der Waals surface area (Å²) in [6, 6.07) is 18.0. The van der Waals surface area contributed by atoms with Gasteiger partial charge in [-0.25, -0.2) is 9.18 Å². The van der Waals surface area contributed by atoms with Crippen LogP contribution in [0.5, 0.6) is 0 Å². The topological polar surface area (TPSA) is 79.5 Å². The van der Waals surface area contributed by atoms with Crippen LogP contribution in [0.25, 0.3) is 34.0 Å². The average molecular weight is 431 g/mol. The van der Waals surface area contributed by atoms with Crippen LogP contribution in [0.3, 0.4) is 0 Å². The number of rotatable bonds is 6. The van der Waals surface area contributed by atoms with Gasteiger partial charge in [-0.1, -0.05) is 35.5 Å². The summed E-state index contributed by atoms with van der Waals surface area (Å²) in [7, 11) is 4.02. The minimum atomic E-state index is -1.33. The van der Waals surface area contributed by atoms with E-state index in [1.165, 1.54) is 17.7 Å². The molecule has 0 bridgehead atoms. The third kappa shape index (κ3) is 4.29. The molecule has 0 radical (unpaired) electrons. The van der Waals surface area contributed by atoms with E-state index in [1.54, 1.807) is 0 Å². The van der Waals surface area contributed by atoms with Crippen LogP contribution >= 0.6 is 0 Å². The quantitative estimate of drug-likeness (QED) is 0.448. The van der Waals surface area contributed by atoms with Crippen LogP contribution in [0.4, 0.5) is 4.39 Å². The lowest BCUT2D eigenvalue weighted by Crippen LogP contribution is -2.11. The molecule has 0 aliphatic heterocycles. The third-order valence-electron chi connectivity index (χ3n) is 5.16. The first-order valence-electron chi connectivity index (χ1n) is 10.0. The Morgan fingerprint density at radius 1 is 1.03 bits per heavy atom. The van der Waals surface area contributed by atoms with Gasteiger partial charge in [0.1, 0.15) is 5.82 Å². The van der Waals surface area contributed by atoms with Crippen molar-refractivity contribution >= 4 is 5.97 Å². The van der Waals surface area contributed by atoms with Crippen molar-refractivity contribution in [2.45, 2.75) is 13.5 Å². The van der Waals surface area contributed by atoms with E-state index in [0.29, 0.717) is 11.5 Å². The third-order valence-corrected chi connectivity index (χ3v) is 5.16. The highest BCUT2D eigenvalue weighted by Crippen LogP contribution is 2.32. The summed E-state index contributed by atoms with van der Waals surface area (Å²) >= 11 is 0. The lowest BCUT2D eigenvalue weighted by atomic mass is 9.94. The second-order valence-electron chi connectivity index (χ2n) is 7.85. The maximum absolute atomic E-state index is 14.1. The van der Waals surface area contributed by atoms with Crippen molar-refractivity contribution in [3.63, 3.8) is 0 Å². The zero-order valence-corrected chi connectivity index (χ0v) is 18.0. The summed E-state index contributed by atoms with van der Waals surface area (Å²) in [5.41, 5.74) is 5.28. The van der Waals surface area contributed by atoms with Crippen molar-refractivity contribution in [3.05, 3.63) is 83.2 Å². The number of aryl methyl sites for hydroxylation is 1. The number of carboxylic acid groups (broad SMARTS) is 1. The zero-order valence-electron chi connectivity index (χ0n) is 18.0. The fraction of sp³-hybridized carbons (Fsp3) is 0.160. The predicted molar refractivity (Wildman–Crippen MR) is 120 cm³/mol. The summed E-state index contributed by atoms with van der Waals surface area (Å²) in [5, 5.41) is 13.0. The largest absolute Gasteiger partial charge is 0.478 e. The van der Waals surface area contributed by atoms with Crippen LogP contribution in [-0.2, 0) is 6.54 Å². The highest BCUT2D eigenvalue weighted by atomic mass is 19.1. The van der Waals surface area contributed by atoms with E-state index in [4.69, 9.17) is 9.63 Å². The molecular weight excluding hydrogens is 409 g/mol. The molecule has 0 aliphatic rings. The Labute approximate surface area is 184 Å². The maximum Gasteiger partial charge on any atom is 0.338 e. The standard InChI is InChI=1S/C25H22FN3O3/c1-15-6-4-5-7-19(15)20-10-9-17(12-18(20)14-29(2)3)24-27-23(28-32-24)16-8-11-21(25(30)31)22(26)13-16/h4-13H,14H2,1-3H3,(H,30,31). The Hall–Kier alpha value is -3.84. The van der Waals surface area contributed by atoms with E-state index in [9.17, 15) is 9.18 Å². The van der Waals surface area contributed by atoms with Gasteiger partial charge < -0.3 is 14.5 Å². The molecule has 6 nitrogen and oxygen atoms in total. The van der Waals surface area contributed by atoms with Gasteiger partial charge >= 0.3 is 5.97 Å².